The number of methoxy groups -OCH3 is 2. The lowest BCUT2D eigenvalue weighted by Gasteiger charge is -2.15. The average molecular weight is 447 g/mol. The number of amides is 3. The van der Waals surface area contributed by atoms with Gasteiger partial charge in [0.15, 0.2) is 23.9 Å². The van der Waals surface area contributed by atoms with Gasteiger partial charge in [0.1, 0.15) is 0 Å². The highest BCUT2D eigenvalue weighted by Crippen LogP contribution is 2.34. The van der Waals surface area contributed by atoms with Gasteiger partial charge in [0.2, 0.25) is 5.91 Å². The fraction of sp³-hybridized carbons (Fsp3) is 0.333. The van der Waals surface area contributed by atoms with Crippen molar-refractivity contribution < 1.29 is 37.8 Å². The maximum Gasteiger partial charge on any atom is 0.340 e. The van der Waals surface area contributed by atoms with Gasteiger partial charge < -0.3 is 34.6 Å². The van der Waals surface area contributed by atoms with Gasteiger partial charge in [-0.2, -0.15) is 0 Å². The van der Waals surface area contributed by atoms with Gasteiger partial charge in [-0.05, 0) is 26.0 Å². The lowest BCUT2D eigenvalue weighted by molar-refractivity contribution is -0.128. The number of benzene rings is 1. The summed E-state index contributed by atoms with van der Waals surface area (Å²) in [4.78, 5) is 48.5. The molecule has 0 unspecified atom stereocenters. The van der Waals surface area contributed by atoms with E-state index in [9.17, 15) is 19.2 Å². The number of ether oxygens (including phenoxy) is 3. The molecule has 32 heavy (non-hydrogen) atoms. The summed E-state index contributed by atoms with van der Waals surface area (Å²) < 4.78 is 20.5. The van der Waals surface area contributed by atoms with Crippen molar-refractivity contribution in [2.24, 2.45) is 0 Å². The molecule has 11 heteroatoms. The molecule has 172 valence electrons. The Morgan fingerprint density at radius 3 is 2.31 bits per heavy atom. The first-order valence-corrected chi connectivity index (χ1v) is 9.59. The molecule has 1 aromatic heterocycles. The highest BCUT2D eigenvalue weighted by atomic mass is 16.5. The molecule has 0 bridgehead atoms. The number of esters is 1. The fourth-order valence-corrected chi connectivity index (χ4v) is 2.55. The average Bonchev–Trinajstić information content (AvgIpc) is 3.30. The Kier molecular flexibility index (Phi) is 8.63. The second kappa shape index (κ2) is 11.4. The molecule has 2 aromatic rings. The molecule has 0 aliphatic heterocycles. The van der Waals surface area contributed by atoms with Crippen LogP contribution in [0.3, 0.4) is 0 Å². The van der Waals surface area contributed by atoms with Gasteiger partial charge >= 0.3 is 5.97 Å². The molecule has 2 rings (SSSR count). The third-order valence-corrected chi connectivity index (χ3v) is 3.97. The number of hydrogen-bond acceptors (Lipinski definition) is 8. The molecule has 11 nitrogen and oxygen atoms in total. The van der Waals surface area contributed by atoms with Gasteiger partial charge in [0.25, 0.3) is 11.8 Å². The van der Waals surface area contributed by atoms with E-state index in [4.69, 9.17) is 18.6 Å². The van der Waals surface area contributed by atoms with Crippen molar-refractivity contribution in [1.29, 1.82) is 0 Å². The van der Waals surface area contributed by atoms with Gasteiger partial charge in [-0.1, -0.05) is 0 Å². The normalized spacial score (nSPS) is 10.3. The highest BCUT2D eigenvalue weighted by molar-refractivity contribution is 6.07. The molecule has 0 atom stereocenters. The molecular formula is C21H25N3O8. The molecule has 0 spiro atoms. The number of carbonyl (C=O) groups is 4. The first-order chi connectivity index (χ1) is 15.2. The Hall–Kier alpha value is -4.02. The predicted octanol–water partition coefficient (Wildman–Crippen LogP) is 1.35. The largest absolute Gasteiger partial charge is 0.493 e. The van der Waals surface area contributed by atoms with Gasteiger partial charge in [-0.15, -0.1) is 0 Å². The Bertz CT molecular complexity index is 970. The molecule has 0 fully saturated rings. The molecule has 3 amide bonds. The van der Waals surface area contributed by atoms with E-state index < -0.39 is 24.4 Å². The second-order valence-corrected chi connectivity index (χ2v) is 6.76. The first-order valence-electron chi connectivity index (χ1n) is 9.59. The standard InChI is InChI=1S/C21H25N3O8/c1-12(2)23-18(25)10-22-19(26)11-32-21(28)13-8-16(29-3)17(30-4)9-14(13)24-20(27)15-6-5-7-31-15/h5-9,12H,10-11H2,1-4H3,(H,22,26)(H,23,25)(H,24,27). The van der Waals surface area contributed by atoms with Crippen LogP contribution in [0.4, 0.5) is 5.69 Å². The number of nitrogens with one attached hydrogen (secondary N) is 3. The maximum atomic E-state index is 12.6. The zero-order valence-corrected chi connectivity index (χ0v) is 18.1. The van der Waals surface area contributed by atoms with Gasteiger partial charge in [0.05, 0.1) is 38.3 Å². The predicted molar refractivity (Wildman–Crippen MR) is 113 cm³/mol. The van der Waals surface area contributed by atoms with Crippen LogP contribution in [-0.4, -0.2) is 57.1 Å². The van der Waals surface area contributed by atoms with Crippen LogP contribution in [-0.2, 0) is 14.3 Å². The first kappa shape index (κ1) is 24.3. The topological polar surface area (TPSA) is 145 Å². The van der Waals surface area contributed by atoms with Crippen molar-refractivity contribution in [2.45, 2.75) is 19.9 Å². The van der Waals surface area contributed by atoms with Crippen LogP contribution in [0.25, 0.3) is 0 Å². The number of carbonyl (C=O) groups excluding carboxylic acids is 4. The van der Waals surface area contributed by atoms with Crippen molar-refractivity contribution in [3.8, 4) is 11.5 Å². The van der Waals surface area contributed by atoms with E-state index in [1.165, 1.54) is 38.7 Å². The minimum Gasteiger partial charge on any atom is -0.493 e. The van der Waals surface area contributed by atoms with Crippen LogP contribution in [0.15, 0.2) is 34.9 Å². The molecule has 0 saturated carbocycles. The van der Waals surface area contributed by atoms with E-state index in [-0.39, 0.29) is 47.0 Å². The summed E-state index contributed by atoms with van der Waals surface area (Å²) in [5.74, 6) is -2.05. The zero-order valence-electron chi connectivity index (χ0n) is 18.1. The lowest BCUT2D eigenvalue weighted by atomic mass is 10.1. The molecule has 0 radical (unpaired) electrons. The quantitative estimate of drug-likeness (QED) is 0.463. The van der Waals surface area contributed by atoms with Crippen LogP contribution in [0, 0.1) is 0 Å². The van der Waals surface area contributed by atoms with Crippen LogP contribution in [0.1, 0.15) is 34.8 Å². The van der Waals surface area contributed by atoms with Crippen molar-refractivity contribution in [1.82, 2.24) is 10.6 Å². The van der Waals surface area contributed by atoms with E-state index in [0.29, 0.717) is 0 Å². The Morgan fingerprint density at radius 2 is 1.72 bits per heavy atom. The number of furan rings is 1. The van der Waals surface area contributed by atoms with E-state index >= 15 is 0 Å². The summed E-state index contributed by atoms with van der Waals surface area (Å²) in [5.41, 5.74) is -0.0151. The molecule has 0 aliphatic carbocycles. The zero-order chi connectivity index (χ0) is 23.7. The maximum absolute atomic E-state index is 12.6. The van der Waals surface area contributed by atoms with Gasteiger partial charge in [0, 0.05) is 18.2 Å². The smallest absolute Gasteiger partial charge is 0.340 e. The minimum atomic E-state index is -0.900. The van der Waals surface area contributed by atoms with E-state index in [0.717, 1.165) is 0 Å². The molecule has 1 aromatic carbocycles. The van der Waals surface area contributed by atoms with Gasteiger partial charge in [-0.25, -0.2) is 4.79 Å². The Morgan fingerprint density at radius 1 is 1.03 bits per heavy atom. The summed E-state index contributed by atoms with van der Waals surface area (Å²) in [5, 5.41) is 7.50. The van der Waals surface area contributed by atoms with Crippen molar-refractivity contribution >= 4 is 29.4 Å². The lowest BCUT2D eigenvalue weighted by Crippen LogP contribution is -2.41. The molecule has 0 saturated heterocycles. The van der Waals surface area contributed by atoms with Crippen LogP contribution in [0.2, 0.25) is 0 Å². The van der Waals surface area contributed by atoms with Crippen LogP contribution < -0.4 is 25.4 Å². The number of rotatable bonds is 10. The SMILES string of the molecule is COc1cc(NC(=O)c2ccco2)c(C(=O)OCC(=O)NCC(=O)NC(C)C)cc1OC. The Labute approximate surface area is 184 Å². The van der Waals surface area contributed by atoms with Crippen molar-refractivity contribution in [3.63, 3.8) is 0 Å². The second-order valence-electron chi connectivity index (χ2n) is 6.76. The van der Waals surface area contributed by atoms with E-state index in [1.54, 1.807) is 19.9 Å². The molecule has 1 heterocycles. The summed E-state index contributed by atoms with van der Waals surface area (Å²) in [6, 6.07) is 5.61. The number of hydrogen-bond donors (Lipinski definition) is 3. The highest BCUT2D eigenvalue weighted by Gasteiger charge is 2.22. The monoisotopic (exact) mass is 447 g/mol. The summed E-state index contributed by atoms with van der Waals surface area (Å²) in [6.07, 6.45) is 1.33. The Balaban J connectivity index is 2.11. The molecule has 0 aliphatic rings. The fourth-order valence-electron chi connectivity index (χ4n) is 2.55. The molecular weight excluding hydrogens is 422 g/mol. The van der Waals surface area contributed by atoms with Crippen molar-refractivity contribution in [3.05, 3.63) is 41.9 Å². The molecule has 3 N–H and O–H groups in total. The summed E-state index contributed by atoms with van der Waals surface area (Å²) in [6.45, 7) is 2.68. The van der Waals surface area contributed by atoms with Gasteiger partial charge in [-0.3, -0.25) is 14.4 Å². The third-order valence-electron chi connectivity index (χ3n) is 3.97. The van der Waals surface area contributed by atoms with Crippen LogP contribution >= 0.6 is 0 Å². The van der Waals surface area contributed by atoms with E-state index in [1.807, 2.05) is 0 Å². The van der Waals surface area contributed by atoms with Crippen LogP contribution in [0.5, 0.6) is 11.5 Å². The number of anilines is 1. The summed E-state index contributed by atoms with van der Waals surface area (Å²) >= 11 is 0. The summed E-state index contributed by atoms with van der Waals surface area (Å²) in [7, 11) is 2.78. The minimum absolute atomic E-state index is 0.0261. The third kappa shape index (κ3) is 6.76. The van der Waals surface area contributed by atoms with Crippen molar-refractivity contribution in [2.75, 3.05) is 32.7 Å². The van der Waals surface area contributed by atoms with E-state index in [2.05, 4.69) is 16.0 Å².